The summed E-state index contributed by atoms with van der Waals surface area (Å²) in [7, 11) is 0. The van der Waals surface area contributed by atoms with Crippen LogP contribution in [0.2, 0.25) is 0 Å². The molecule has 20 heavy (non-hydrogen) atoms. The molecule has 0 aromatic carbocycles. The summed E-state index contributed by atoms with van der Waals surface area (Å²) in [6, 6.07) is 0. The van der Waals surface area contributed by atoms with Crippen molar-refractivity contribution < 1.29 is 4.74 Å². The van der Waals surface area contributed by atoms with Crippen LogP contribution in [0.3, 0.4) is 0 Å². The minimum atomic E-state index is 0.259. The summed E-state index contributed by atoms with van der Waals surface area (Å²) in [5.74, 6) is 0.733. The Labute approximate surface area is 127 Å². The van der Waals surface area contributed by atoms with Crippen LogP contribution in [0.5, 0.6) is 0 Å². The summed E-state index contributed by atoms with van der Waals surface area (Å²) < 4.78 is 5.97. The first-order chi connectivity index (χ1) is 9.51. The van der Waals surface area contributed by atoms with E-state index in [-0.39, 0.29) is 6.10 Å². The molecule has 0 saturated heterocycles. The number of rotatable bonds is 11. The minimum absolute atomic E-state index is 0.259. The molecule has 0 aliphatic carbocycles. The Bertz CT molecular complexity index is 286. The van der Waals surface area contributed by atoms with E-state index in [1.165, 1.54) is 43.3 Å². The van der Waals surface area contributed by atoms with Crippen LogP contribution in [-0.4, -0.2) is 12.7 Å². The predicted octanol–water partition coefficient (Wildman–Crippen LogP) is 6.30. The van der Waals surface area contributed by atoms with Gasteiger partial charge in [-0.2, -0.15) is 0 Å². The summed E-state index contributed by atoms with van der Waals surface area (Å²) in [4.78, 5) is 0. The van der Waals surface area contributed by atoms with Gasteiger partial charge in [-0.1, -0.05) is 64.7 Å². The van der Waals surface area contributed by atoms with E-state index in [9.17, 15) is 0 Å². The molecule has 0 aromatic rings. The van der Waals surface area contributed by atoms with Crippen molar-refractivity contribution in [1.82, 2.24) is 0 Å². The van der Waals surface area contributed by atoms with Crippen LogP contribution in [-0.2, 0) is 4.74 Å². The van der Waals surface area contributed by atoms with E-state index in [2.05, 4.69) is 53.7 Å². The monoisotopic (exact) mass is 280 g/mol. The van der Waals surface area contributed by atoms with Gasteiger partial charge >= 0.3 is 0 Å². The quantitative estimate of drug-likeness (QED) is 0.319. The lowest BCUT2D eigenvalue weighted by Crippen LogP contribution is -2.12. The molecule has 0 aromatic heterocycles. The Kier molecular flexibility index (Phi) is 11.9. The standard InChI is InChI=1S/C19H36O/c1-7-9-10-14-20-18(6)19(11-8-2)13-12-17(5)15-16(3)4/h12-13,16,18H,7-11,14-15H2,1-6H3/b17-12+,19-13+. The molecular formula is C19H36O. The second-order valence-corrected chi connectivity index (χ2v) is 6.32. The van der Waals surface area contributed by atoms with Gasteiger partial charge in [0.25, 0.3) is 0 Å². The lowest BCUT2D eigenvalue weighted by molar-refractivity contribution is 0.0844. The Hall–Kier alpha value is -0.560. The van der Waals surface area contributed by atoms with Crippen LogP contribution in [0.15, 0.2) is 23.3 Å². The largest absolute Gasteiger partial charge is 0.374 e. The molecule has 0 bridgehead atoms. The van der Waals surface area contributed by atoms with E-state index >= 15 is 0 Å². The second-order valence-electron chi connectivity index (χ2n) is 6.32. The Balaban J connectivity index is 4.44. The summed E-state index contributed by atoms with van der Waals surface area (Å²) in [5, 5.41) is 0. The molecule has 0 amide bonds. The topological polar surface area (TPSA) is 9.23 Å². The second kappa shape index (κ2) is 12.2. The molecule has 1 atom stereocenters. The summed E-state index contributed by atoms with van der Waals surface area (Å²) in [6.07, 6.45) is 12.1. The molecule has 0 heterocycles. The Morgan fingerprint density at radius 3 is 2.25 bits per heavy atom. The van der Waals surface area contributed by atoms with Gasteiger partial charge in [-0.3, -0.25) is 0 Å². The van der Waals surface area contributed by atoms with E-state index < -0.39 is 0 Å². The van der Waals surface area contributed by atoms with Crippen molar-refractivity contribution in [2.45, 2.75) is 86.2 Å². The molecule has 118 valence electrons. The third kappa shape index (κ3) is 10.3. The molecule has 0 fully saturated rings. The van der Waals surface area contributed by atoms with E-state index in [4.69, 9.17) is 4.74 Å². The van der Waals surface area contributed by atoms with E-state index in [0.717, 1.165) is 18.9 Å². The smallest absolute Gasteiger partial charge is 0.0759 e. The number of unbranched alkanes of at least 4 members (excludes halogenated alkanes) is 2. The summed E-state index contributed by atoms with van der Waals surface area (Å²) >= 11 is 0. The molecule has 1 heteroatoms. The van der Waals surface area contributed by atoms with Crippen LogP contribution in [0, 0.1) is 5.92 Å². The minimum Gasteiger partial charge on any atom is -0.374 e. The number of hydrogen-bond acceptors (Lipinski definition) is 1. The highest BCUT2D eigenvalue weighted by atomic mass is 16.5. The van der Waals surface area contributed by atoms with Crippen LogP contribution >= 0.6 is 0 Å². The fourth-order valence-corrected chi connectivity index (χ4v) is 2.39. The van der Waals surface area contributed by atoms with Gasteiger partial charge in [-0.05, 0) is 44.6 Å². The van der Waals surface area contributed by atoms with Crippen molar-refractivity contribution in [2.75, 3.05) is 6.61 Å². The van der Waals surface area contributed by atoms with Crippen molar-refractivity contribution in [3.8, 4) is 0 Å². The lowest BCUT2D eigenvalue weighted by atomic mass is 10.0. The summed E-state index contributed by atoms with van der Waals surface area (Å²) in [6.45, 7) is 14.3. The van der Waals surface area contributed by atoms with E-state index in [0.29, 0.717) is 0 Å². The molecule has 0 saturated carbocycles. The van der Waals surface area contributed by atoms with E-state index in [1.807, 2.05) is 0 Å². The molecular weight excluding hydrogens is 244 g/mol. The zero-order valence-corrected chi connectivity index (χ0v) is 14.7. The maximum Gasteiger partial charge on any atom is 0.0759 e. The molecule has 0 spiro atoms. The van der Waals surface area contributed by atoms with Gasteiger partial charge in [0.2, 0.25) is 0 Å². The average molecular weight is 280 g/mol. The Morgan fingerprint density at radius 2 is 1.70 bits per heavy atom. The predicted molar refractivity (Wildman–Crippen MR) is 91.1 cm³/mol. The van der Waals surface area contributed by atoms with Gasteiger partial charge in [-0.15, -0.1) is 0 Å². The molecule has 1 nitrogen and oxygen atoms in total. The van der Waals surface area contributed by atoms with Crippen LogP contribution in [0.4, 0.5) is 0 Å². The van der Waals surface area contributed by atoms with Gasteiger partial charge in [0.05, 0.1) is 6.10 Å². The van der Waals surface area contributed by atoms with Gasteiger partial charge in [-0.25, -0.2) is 0 Å². The van der Waals surface area contributed by atoms with Crippen molar-refractivity contribution in [3.63, 3.8) is 0 Å². The fraction of sp³-hybridized carbons (Fsp3) is 0.789. The SMILES string of the molecule is CCCCCOC(C)/C(=C/C=C(\C)CC(C)C)CCC. The molecule has 0 N–H and O–H groups in total. The normalized spacial score (nSPS) is 14.9. The third-order valence-electron chi connectivity index (χ3n) is 3.49. The van der Waals surface area contributed by atoms with Crippen molar-refractivity contribution in [3.05, 3.63) is 23.3 Å². The zero-order valence-electron chi connectivity index (χ0n) is 14.7. The average Bonchev–Trinajstić information content (AvgIpc) is 2.38. The highest BCUT2D eigenvalue weighted by molar-refractivity contribution is 5.19. The fourth-order valence-electron chi connectivity index (χ4n) is 2.39. The lowest BCUT2D eigenvalue weighted by Gasteiger charge is -2.16. The molecule has 1 unspecified atom stereocenters. The van der Waals surface area contributed by atoms with Crippen molar-refractivity contribution in [2.24, 2.45) is 5.92 Å². The molecule has 0 aliphatic heterocycles. The number of ether oxygens (including phenoxy) is 1. The summed E-state index contributed by atoms with van der Waals surface area (Å²) in [5.41, 5.74) is 2.90. The maximum atomic E-state index is 5.97. The van der Waals surface area contributed by atoms with Crippen LogP contribution in [0.25, 0.3) is 0 Å². The van der Waals surface area contributed by atoms with Crippen molar-refractivity contribution in [1.29, 1.82) is 0 Å². The van der Waals surface area contributed by atoms with E-state index in [1.54, 1.807) is 0 Å². The highest BCUT2D eigenvalue weighted by Gasteiger charge is 2.07. The first kappa shape index (κ1) is 19.4. The first-order valence-corrected chi connectivity index (χ1v) is 8.49. The highest BCUT2D eigenvalue weighted by Crippen LogP contribution is 2.16. The van der Waals surface area contributed by atoms with Crippen LogP contribution in [0.1, 0.15) is 80.1 Å². The molecule has 0 rings (SSSR count). The first-order valence-electron chi connectivity index (χ1n) is 8.49. The van der Waals surface area contributed by atoms with Gasteiger partial charge < -0.3 is 4.74 Å². The third-order valence-corrected chi connectivity index (χ3v) is 3.49. The number of hydrogen-bond donors (Lipinski definition) is 0. The van der Waals surface area contributed by atoms with Gasteiger partial charge in [0, 0.05) is 6.61 Å². The molecule has 0 aliphatic rings. The van der Waals surface area contributed by atoms with Crippen LogP contribution < -0.4 is 0 Å². The number of allylic oxidation sites excluding steroid dienone is 3. The maximum absolute atomic E-state index is 5.97. The Morgan fingerprint density at radius 1 is 1.00 bits per heavy atom. The zero-order chi connectivity index (χ0) is 15.4. The van der Waals surface area contributed by atoms with Crippen molar-refractivity contribution >= 4 is 0 Å². The molecule has 0 radical (unpaired) electrons. The van der Waals surface area contributed by atoms with Gasteiger partial charge in [0.15, 0.2) is 0 Å². The van der Waals surface area contributed by atoms with Gasteiger partial charge in [0.1, 0.15) is 0 Å².